The maximum absolute atomic E-state index is 9.98. The van der Waals surface area contributed by atoms with E-state index < -0.39 is 14.4 Å². The van der Waals surface area contributed by atoms with E-state index in [9.17, 15) is 5.11 Å². The van der Waals surface area contributed by atoms with Crippen molar-refractivity contribution in [3.05, 3.63) is 53.8 Å². The molecule has 2 nitrogen and oxygen atoms in total. The molecule has 0 amide bonds. The van der Waals surface area contributed by atoms with Crippen LogP contribution in [0.2, 0.25) is 18.1 Å². The lowest BCUT2D eigenvalue weighted by atomic mass is 10.1. The fourth-order valence-electron chi connectivity index (χ4n) is 2.06. The van der Waals surface area contributed by atoms with Crippen molar-refractivity contribution < 1.29 is 9.53 Å². The van der Waals surface area contributed by atoms with Crippen LogP contribution >= 0.6 is 0 Å². The summed E-state index contributed by atoms with van der Waals surface area (Å²) in [4.78, 5) is 0. The van der Waals surface area contributed by atoms with Crippen molar-refractivity contribution in [2.24, 2.45) is 0 Å². The predicted molar refractivity (Wildman–Crippen MR) is 106 cm³/mol. The molecular weight excluding hydrogens is 312 g/mol. The Hall–Kier alpha value is -1.12. The number of benzene rings is 1. The Labute approximate surface area is 149 Å². The lowest BCUT2D eigenvalue weighted by Crippen LogP contribution is -2.40. The molecule has 0 fully saturated rings. The fraction of sp³-hybridized carbons (Fsp3) is 0.571. The molecule has 24 heavy (non-hydrogen) atoms. The van der Waals surface area contributed by atoms with Crippen LogP contribution < -0.4 is 0 Å². The zero-order valence-corrected chi connectivity index (χ0v) is 17.0. The van der Waals surface area contributed by atoms with Gasteiger partial charge in [-0.1, -0.05) is 57.5 Å². The van der Waals surface area contributed by atoms with Crippen LogP contribution in [0, 0.1) is 0 Å². The Morgan fingerprint density at radius 1 is 1.12 bits per heavy atom. The topological polar surface area (TPSA) is 29.5 Å². The molecule has 1 N–H and O–H groups in total. The number of aliphatic hydroxyl groups is 1. The minimum atomic E-state index is -1.58. The van der Waals surface area contributed by atoms with Gasteiger partial charge in [0.05, 0.1) is 0 Å². The van der Waals surface area contributed by atoms with Crippen LogP contribution in [0.15, 0.2) is 48.2 Å². The molecule has 1 atom stereocenters. The minimum absolute atomic E-state index is 0.292. The first-order chi connectivity index (χ1) is 11.2. The Morgan fingerprint density at radius 2 is 1.79 bits per heavy atom. The van der Waals surface area contributed by atoms with Crippen LogP contribution in [0.4, 0.5) is 0 Å². The van der Waals surface area contributed by atoms with Gasteiger partial charge < -0.3 is 9.53 Å². The van der Waals surface area contributed by atoms with Gasteiger partial charge in [0.2, 0.25) is 0 Å². The number of unbranched alkanes of at least 4 members (excludes halogenated alkanes) is 3. The van der Waals surface area contributed by atoms with Crippen LogP contribution in [0.5, 0.6) is 0 Å². The second-order valence-electron chi connectivity index (χ2n) is 7.85. The number of hydrogen-bond donors (Lipinski definition) is 1. The van der Waals surface area contributed by atoms with Crippen LogP contribution in [0.25, 0.3) is 0 Å². The van der Waals surface area contributed by atoms with Gasteiger partial charge in [0.1, 0.15) is 6.10 Å². The standard InChI is InChI=1S/C21H34O2Si/c1-21(2,3)24(4,5)23-18-14-9-7-6-8-13-17-20(22)19-15-11-10-12-16-19/h8,10-12,15-17,20,22H,6-7,9,14,18H2,1-5H3. The van der Waals surface area contributed by atoms with Crippen molar-refractivity contribution in [2.45, 2.75) is 70.7 Å². The van der Waals surface area contributed by atoms with Gasteiger partial charge in [0.15, 0.2) is 8.32 Å². The molecule has 1 aromatic rings. The zero-order chi connectivity index (χ0) is 18.1. The summed E-state index contributed by atoms with van der Waals surface area (Å²) in [6, 6.07) is 9.66. The average Bonchev–Trinajstić information content (AvgIpc) is 2.52. The highest BCUT2D eigenvalue weighted by molar-refractivity contribution is 6.74. The van der Waals surface area contributed by atoms with E-state index >= 15 is 0 Å². The van der Waals surface area contributed by atoms with E-state index in [2.05, 4.69) is 39.6 Å². The van der Waals surface area contributed by atoms with E-state index in [1.165, 1.54) is 6.42 Å². The summed E-state index contributed by atoms with van der Waals surface area (Å²) in [7, 11) is -1.58. The summed E-state index contributed by atoms with van der Waals surface area (Å²) in [5, 5.41) is 10.3. The highest BCUT2D eigenvalue weighted by atomic mass is 28.4. The molecular formula is C21H34O2Si. The highest BCUT2D eigenvalue weighted by Crippen LogP contribution is 2.36. The Morgan fingerprint density at radius 3 is 2.42 bits per heavy atom. The molecule has 0 spiro atoms. The lowest BCUT2D eigenvalue weighted by Gasteiger charge is -2.36. The van der Waals surface area contributed by atoms with Gasteiger partial charge in [0.25, 0.3) is 0 Å². The quantitative estimate of drug-likeness (QED) is 0.337. The molecule has 0 aliphatic heterocycles. The van der Waals surface area contributed by atoms with Gasteiger partial charge in [-0.3, -0.25) is 0 Å². The summed E-state index contributed by atoms with van der Waals surface area (Å²) in [5.74, 6) is 0. The molecule has 3 heteroatoms. The first-order valence-corrected chi connectivity index (χ1v) is 11.9. The molecule has 0 heterocycles. The SMILES string of the molecule is CC(C)(C)[Si](C)(C)OCCCCCC=C=CC(O)c1ccccc1. The van der Waals surface area contributed by atoms with Crippen LogP contribution in [-0.4, -0.2) is 20.0 Å². The van der Waals surface area contributed by atoms with E-state index in [4.69, 9.17) is 4.43 Å². The molecule has 0 aromatic heterocycles. The first kappa shape index (κ1) is 20.9. The molecule has 0 saturated carbocycles. The summed E-state index contributed by atoms with van der Waals surface area (Å²) < 4.78 is 6.18. The zero-order valence-electron chi connectivity index (χ0n) is 16.0. The number of aliphatic hydroxyl groups excluding tert-OH is 1. The lowest BCUT2D eigenvalue weighted by molar-refractivity contribution is 0.229. The Kier molecular flexibility index (Phi) is 8.72. The van der Waals surface area contributed by atoms with Gasteiger partial charge in [0, 0.05) is 6.61 Å². The molecule has 1 rings (SSSR count). The molecule has 0 aliphatic rings. The minimum Gasteiger partial charge on any atom is -0.417 e. The second-order valence-corrected chi connectivity index (χ2v) is 12.7. The monoisotopic (exact) mass is 346 g/mol. The van der Waals surface area contributed by atoms with Crippen molar-refractivity contribution in [1.82, 2.24) is 0 Å². The van der Waals surface area contributed by atoms with Gasteiger partial charge >= 0.3 is 0 Å². The van der Waals surface area contributed by atoms with E-state index in [0.717, 1.165) is 31.4 Å². The number of rotatable bonds is 9. The summed E-state index contributed by atoms with van der Waals surface area (Å²) >= 11 is 0. The van der Waals surface area contributed by atoms with Gasteiger partial charge in [-0.15, -0.1) is 5.73 Å². The summed E-state index contributed by atoms with van der Waals surface area (Å²) in [6.45, 7) is 12.3. The van der Waals surface area contributed by atoms with Crippen LogP contribution in [-0.2, 0) is 4.43 Å². The Balaban J connectivity index is 2.17. The molecule has 1 aromatic carbocycles. The smallest absolute Gasteiger partial charge is 0.191 e. The van der Waals surface area contributed by atoms with Crippen molar-refractivity contribution in [3.8, 4) is 0 Å². The molecule has 0 radical (unpaired) electrons. The number of hydrogen-bond acceptors (Lipinski definition) is 2. The van der Waals surface area contributed by atoms with Crippen molar-refractivity contribution in [1.29, 1.82) is 0 Å². The largest absolute Gasteiger partial charge is 0.417 e. The molecule has 0 saturated heterocycles. The second kappa shape index (κ2) is 10.0. The van der Waals surface area contributed by atoms with Crippen molar-refractivity contribution in [3.63, 3.8) is 0 Å². The maximum Gasteiger partial charge on any atom is 0.191 e. The van der Waals surface area contributed by atoms with Gasteiger partial charge in [-0.05, 0) is 55.1 Å². The van der Waals surface area contributed by atoms with Crippen molar-refractivity contribution in [2.75, 3.05) is 6.61 Å². The van der Waals surface area contributed by atoms with Crippen LogP contribution in [0.1, 0.15) is 58.1 Å². The van der Waals surface area contributed by atoms with E-state index in [0.29, 0.717) is 5.04 Å². The summed E-state index contributed by atoms with van der Waals surface area (Å²) in [6.07, 6.45) is 7.60. The average molecular weight is 347 g/mol. The predicted octanol–water partition coefficient (Wildman–Crippen LogP) is 6.01. The first-order valence-electron chi connectivity index (χ1n) is 9.02. The van der Waals surface area contributed by atoms with Crippen molar-refractivity contribution >= 4 is 8.32 Å². The third kappa shape index (κ3) is 7.63. The fourth-order valence-corrected chi connectivity index (χ4v) is 3.15. The molecule has 0 aliphatic carbocycles. The Bertz CT molecular complexity index is 523. The maximum atomic E-state index is 9.98. The van der Waals surface area contributed by atoms with Gasteiger partial charge in [-0.25, -0.2) is 0 Å². The third-order valence-electron chi connectivity index (χ3n) is 4.77. The van der Waals surface area contributed by atoms with E-state index in [-0.39, 0.29) is 0 Å². The molecule has 134 valence electrons. The molecule has 1 unspecified atom stereocenters. The van der Waals surface area contributed by atoms with Crippen LogP contribution in [0.3, 0.4) is 0 Å². The third-order valence-corrected chi connectivity index (χ3v) is 9.31. The molecule has 0 bridgehead atoms. The normalized spacial score (nSPS) is 13.2. The van der Waals surface area contributed by atoms with E-state index in [1.54, 1.807) is 6.08 Å². The highest BCUT2D eigenvalue weighted by Gasteiger charge is 2.36. The van der Waals surface area contributed by atoms with E-state index in [1.807, 2.05) is 36.4 Å². The van der Waals surface area contributed by atoms with Gasteiger partial charge in [-0.2, -0.15) is 0 Å². The summed E-state index contributed by atoms with van der Waals surface area (Å²) in [5.41, 5.74) is 4.00.